The summed E-state index contributed by atoms with van der Waals surface area (Å²) in [5.41, 5.74) is 1.38. The highest BCUT2D eigenvalue weighted by Crippen LogP contribution is 2.34. The van der Waals surface area contributed by atoms with Crippen LogP contribution >= 0.6 is 12.2 Å². The largest absolute Gasteiger partial charge is 0.418 e. The summed E-state index contributed by atoms with van der Waals surface area (Å²) in [6.07, 6.45) is -4.59. The molecule has 1 amide bonds. The van der Waals surface area contributed by atoms with Crippen molar-refractivity contribution >= 4 is 23.8 Å². The van der Waals surface area contributed by atoms with Gasteiger partial charge in [0.15, 0.2) is 5.82 Å². The van der Waals surface area contributed by atoms with Gasteiger partial charge in [0.05, 0.1) is 11.3 Å². The van der Waals surface area contributed by atoms with E-state index >= 15 is 0 Å². The van der Waals surface area contributed by atoms with Gasteiger partial charge in [-0.2, -0.15) is 18.3 Å². The number of benzene rings is 3. The molecule has 1 N–H and O–H groups in total. The second kappa shape index (κ2) is 9.03. The van der Waals surface area contributed by atoms with Crippen LogP contribution in [0.25, 0.3) is 17.1 Å². The molecular formula is C24H19F3N4OS. The van der Waals surface area contributed by atoms with Crippen LogP contribution in [0.15, 0.2) is 78.9 Å². The van der Waals surface area contributed by atoms with E-state index in [0.29, 0.717) is 5.82 Å². The number of carbonyl (C=O) groups is 1. The Morgan fingerprint density at radius 1 is 0.970 bits per heavy atom. The van der Waals surface area contributed by atoms with Crippen molar-refractivity contribution in [1.82, 2.24) is 14.3 Å². The van der Waals surface area contributed by atoms with Gasteiger partial charge in [-0.1, -0.05) is 60.2 Å². The van der Waals surface area contributed by atoms with Crippen LogP contribution in [0.5, 0.6) is 0 Å². The number of para-hydroxylation sites is 2. The van der Waals surface area contributed by atoms with Crippen molar-refractivity contribution in [2.75, 3.05) is 5.32 Å². The molecule has 0 spiro atoms. The van der Waals surface area contributed by atoms with Crippen LogP contribution < -0.4 is 5.32 Å². The Balaban J connectivity index is 1.70. The zero-order chi connectivity index (χ0) is 23.6. The Labute approximate surface area is 193 Å². The zero-order valence-corrected chi connectivity index (χ0v) is 18.3. The number of anilines is 1. The molecule has 33 heavy (non-hydrogen) atoms. The summed E-state index contributed by atoms with van der Waals surface area (Å²) in [6, 6.07) is 21.8. The molecule has 0 aliphatic heterocycles. The van der Waals surface area contributed by atoms with E-state index in [9.17, 15) is 18.0 Å². The number of nitrogens with one attached hydrogen (secondary N) is 1. The van der Waals surface area contributed by atoms with Gasteiger partial charge in [-0.25, -0.2) is 4.68 Å². The molecule has 4 aromatic rings. The molecule has 0 saturated heterocycles. The Morgan fingerprint density at radius 3 is 2.27 bits per heavy atom. The second-order valence-electron chi connectivity index (χ2n) is 7.39. The molecule has 0 saturated carbocycles. The fraction of sp³-hybridized carbons (Fsp3) is 0.125. The summed E-state index contributed by atoms with van der Waals surface area (Å²) in [5.74, 6) is -0.148. The summed E-state index contributed by atoms with van der Waals surface area (Å²) in [5, 5.41) is 6.86. The number of hydrogen-bond acceptors (Lipinski definition) is 3. The molecule has 0 unspecified atom stereocenters. The maximum Gasteiger partial charge on any atom is 0.418 e. The topological polar surface area (TPSA) is 51.9 Å². The highest BCUT2D eigenvalue weighted by atomic mass is 32.1. The van der Waals surface area contributed by atoms with Gasteiger partial charge in [-0.05, 0) is 43.4 Å². The molecule has 0 aliphatic carbocycles. The number of amides is 1. The minimum atomic E-state index is -4.59. The van der Waals surface area contributed by atoms with E-state index in [-0.39, 0.29) is 17.0 Å². The number of halogens is 3. The first-order valence-electron chi connectivity index (χ1n) is 10.0. The van der Waals surface area contributed by atoms with E-state index < -0.39 is 17.6 Å². The molecule has 1 aromatic heterocycles. The van der Waals surface area contributed by atoms with Gasteiger partial charge in [-0.3, -0.25) is 9.36 Å². The molecule has 5 nitrogen and oxygen atoms in total. The van der Waals surface area contributed by atoms with Crippen LogP contribution in [-0.4, -0.2) is 20.3 Å². The van der Waals surface area contributed by atoms with Gasteiger partial charge in [0.1, 0.15) is 6.54 Å². The number of aromatic nitrogens is 3. The molecule has 1 heterocycles. The minimum absolute atomic E-state index is 0.246. The second-order valence-corrected chi connectivity index (χ2v) is 7.76. The van der Waals surface area contributed by atoms with Crippen molar-refractivity contribution in [2.24, 2.45) is 0 Å². The Morgan fingerprint density at radius 2 is 1.61 bits per heavy atom. The average molecular weight is 469 g/mol. The lowest BCUT2D eigenvalue weighted by molar-refractivity contribution is -0.137. The summed E-state index contributed by atoms with van der Waals surface area (Å²) in [6.45, 7) is 1.62. The summed E-state index contributed by atoms with van der Waals surface area (Å²) in [7, 11) is 0. The van der Waals surface area contributed by atoms with Crippen LogP contribution in [0.3, 0.4) is 0 Å². The molecule has 0 atom stereocenters. The number of carbonyl (C=O) groups excluding carboxylic acids is 1. The van der Waals surface area contributed by atoms with E-state index in [1.54, 1.807) is 4.57 Å². The Kier molecular flexibility index (Phi) is 6.15. The number of nitrogens with zero attached hydrogens (tertiary/aromatic N) is 3. The van der Waals surface area contributed by atoms with E-state index in [1.165, 1.54) is 22.9 Å². The maximum absolute atomic E-state index is 13.3. The molecule has 0 aliphatic rings. The van der Waals surface area contributed by atoms with E-state index in [4.69, 9.17) is 12.2 Å². The third kappa shape index (κ3) is 4.88. The van der Waals surface area contributed by atoms with Gasteiger partial charge in [0, 0.05) is 11.3 Å². The third-order valence-corrected chi connectivity index (χ3v) is 5.36. The fourth-order valence-corrected chi connectivity index (χ4v) is 3.67. The Hall–Kier alpha value is -3.72. The molecule has 3 aromatic carbocycles. The molecule has 0 radical (unpaired) electrons. The predicted molar refractivity (Wildman–Crippen MR) is 123 cm³/mol. The highest BCUT2D eigenvalue weighted by molar-refractivity contribution is 7.71. The zero-order valence-electron chi connectivity index (χ0n) is 17.5. The van der Waals surface area contributed by atoms with E-state index in [1.807, 2.05) is 61.5 Å². The normalized spacial score (nSPS) is 11.4. The highest BCUT2D eigenvalue weighted by Gasteiger charge is 2.33. The smallest absolute Gasteiger partial charge is 0.324 e. The van der Waals surface area contributed by atoms with Crippen molar-refractivity contribution in [3.8, 4) is 17.1 Å². The Bertz CT molecular complexity index is 1340. The molecule has 0 fully saturated rings. The minimum Gasteiger partial charge on any atom is -0.324 e. The van der Waals surface area contributed by atoms with Gasteiger partial charge in [0.25, 0.3) is 0 Å². The third-order valence-electron chi connectivity index (χ3n) is 4.96. The monoisotopic (exact) mass is 468 g/mol. The first kappa shape index (κ1) is 22.5. The van der Waals surface area contributed by atoms with Crippen LogP contribution in [-0.2, 0) is 17.5 Å². The van der Waals surface area contributed by atoms with Crippen LogP contribution in [0.1, 0.15) is 11.1 Å². The molecule has 9 heteroatoms. The number of aryl methyl sites for hydroxylation is 1. The predicted octanol–water partition coefficient (Wildman–Crippen LogP) is 6.04. The number of rotatable bonds is 5. The van der Waals surface area contributed by atoms with Crippen molar-refractivity contribution in [1.29, 1.82) is 0 Å². The molecule has 168 valence electrons. The fourth-order valence-electron chi connectivity index (χ4n) is 3.38. The van der Waals surface area contributed by atoms with Crippen molar-refractivity contribution in [3.05, 3.63) is 94.8 Å². The average Bonchev–Trinajstić information content (AvgIpc) is 3.10. The first-order valence-corrected chi connectivity index (χ1v) is 10.4. The summed E-state index contributed by atoms with van der Waals surface area (Å²) < 4.78 is 43.1. The molecular weight excluding hydrogens is 449 g/mol. The summed E-state index contributed by atoms with van der Waals surface area (Å²) in [4.78, 5) is 12.7. The lowest BCUT2D eigenvalue weighted by Gasteiger charge is -2.13. The lowest BCUT2D eigenvalue weighted by atomic mass is 10.1. The van der Waals surface area contributed by atoms with Gasteiger partial charge >= 0.3 is 6.18 Å². The summed E-state index contributed by atoms with van der Waals surface area (Å²) >= 11 is 5.59. The van der Waals surface area contributed by atoms with Crippen molar-refractivity contribution < 1.29 is 18.0 Å². The van der Waals surface area contributed by atoms with Gasteiger partial charge in [0.2, 0.25) is 10.7 Å². The van der Waals surface area contributed by atoms with Crippen LogP contribution in [0.2, 0.25) is 0 Å². The van der Waals surface area contributed by atoms with E-state index in [2.05, 4.69) is 10.4 Å². The van der Waals surface area contributed by atoms with Crippen molar-refractivity contribution in [3.63, 3.8) is 0 Å². The number of hydrogen-bond donors (Lipinski definition) is 1. The quantitative estimate of drug-likeness (QED) is 0.364. The van der Waals surface area contributed by atoms with Crippen molar-refractivity contribution in [2.45, 2.75) is 19.6 Å². The van der Waals surface area contributed by atoms with E-state index in [0.717, 1.165) is 22.9 Å². The molecule has 0 bridgehead atoms. The van der Waals surface area contributed by atoms with Crippen LogP contribution in [0, 0.1) is 11.7 Å². The van der Waals surface area contributed by atoms with Gasteiger partial charge in [-0.15, -0.1) is 0 Å². The lowest BCUT2D eigenvalue weighted by Crippen LogP contribution is -2.22. The number of alkyl halides is 3. The molecule has 4 rings (SSSR count). The van der Waals surface area contributed by atoms with Crippen LogP contribution in [0.4, 0.5) is 18.9 Å². The standard InChI is InChI=1S/C24H19F3N4OS/c1-16-11-13-17(14-12-16)22-29-30(23(33)31(22)18-7-3-2-4-8-18)15-21(32)28-20-10-6-5-9-19(20)24(25,26)27/h2-14H,15H2,1H3,(H,28,32). The van der Waals surface area contributed by atoms with Gasteiger partial charge < -0.3 is 5.32 Å². The SMILES string of the molecule is Cc1ccc(-c2nn(CC(=O)Nc3ccccc3C(F)(F)F)c(=S)n2-c2ccccc2)cc1. The first-order chi connectivity index (χ1) is 15.7. The maximum atomic E-state index is 13.3.